The topological polar surface area (TPSA) is 20.3 Å². The number of carbonyl (C=O) groups is 1. The maximum Gasteiger partial charge on any atom is 0.149 e. The second-order valence-electron chi connectivity index (χ2n) is 4.72. The first-order valence-electron chi connectivity index (χ1n) is 5.51. The Morgan fingerprint density at radius 1 is 1.38 bits per heavy atom. The molecule has 1 saturated heterocycles. The molecule has 0 radical (unpaired) electrons. The second-order valence-corrected chi connectivity index (χ2v) is 4.72. The predicted octanol–water partition coefficient (Wildman–Crippen LogP) is 1.70. The lowest BCUT2D eigenvalue weighted by molar-refractivity contribution is -0.121. The van der Waals surface area contributed by atoms with Gasteiger partial charge < -0.3 is 0 Å². The Hall–Kier alpha value is -0.370. The smallest absolute Gasteiger partial charge is 0.149 e. The quantitative estimate of drug-likeness (QED) is 0.660. The Kier molecular flexibility index (Phi) is 2.68. The minimum Gasteiger partial charge on any atom is -0.298 e. The molecule has 1 atom stereocenters. The Bertz CT molecular complexity index is 198. The zero-order chi connectivity index (χ0) is 9.26. The van der Waals surface area contributed by atoms with E-state index in [2.05, 4.69) is 11.8 Å². The number of ketones is 1. The van der Waals surface area contributed by atoms with Gasteiger partial charge in [0.1, 0.15) is 5.78 Å². The lowest BCUT2D eigenvalue weighted by atomic mass is 10.00. The van der Waals surface area contributed by atoms with E-state index in [0.717, 1.165) is 38.4 Å². The fourth-order valence-electron chi connectivity index (χ4n) is 2.19. The van der Waals surface area contributed by atoms with E-state index >= 15 is 0 Å². The third kappa shape index (κ3) is 2.53. The SMILES string of the molecule is CC1CCCN(CC(=O)C2CC2)C1. The molecule has 1 unspecified atom stereocenters. The number of carbonyl (C=O) groups excluding carboxylic acids is 1. The van der Waals surface area contributed by atoms with Crippen LogP contribution in [-0.4, -0.2) is 30.3 Å². The highest BCUT2D eigenvalue weighted by molar-refractivity contribution is 5.84. The van der Waals surface area contributed by atoms with Crippen LogP contribution in [0.15, 0.2) is 0 Å². The molecule has 0 aromatic heterocycles. The van der Waals surface area contributed by atoms with Gasteiger partial charge in [-0.15, -0.1) is 0 Å². The molecule has 0 amide bonds. The molecule has 1 saturated carbocycles. The van der Waals surface area contributed by atoms with E-state index in [9.17, 15) is 4.79 Å². The summed E-state index contributed by atoms with van der Waals surface area (Å²) in [7, 11) is 0. The van der Waals surface area contributed by atoms with Crippen molar-refractivity contribution in [2.75, 3.05) is 19.6 Å². The first kappa shape index (κ1) is 9.20. The maximum atomic E-state index is 11.5. The van der Waals surface area contributed by atoms with Crippen molar-refractivity contribution in [3.05, 3.63) is 0 Å². The number of likely N-dealkylation sites (tertiary alicyclic amines) is 1. The fraction of sp³-hybridized carbons (Fsp3) is 0.909. The van der Waals surface area contributed by atoms with Crippen molar-refractivity contribution in [2.45, 2.75) is 32.6 Å². The van der Waals surface area contributed by atoms with Crippen molar-refractivity contribution in [2.24, 2.45) is 11.8 Å². The summed E-state index contributed by atoms with van der Waals surface area (Å²) >= 11 is 0. The molecule has 1 heterocycles. The fourth-order valence-corrected chi connectivity index (χ4v) is 2.19. The van der Waals surface area contributed by atoms with E-state index in [-0.39, 0.29) is 0 Å². The van der Waals surface area contributed by atoms with E-state index in [4.69, 9.17) is 0 Å². The molecule has 0 aromatic carbocycles. The minimum absolute atomic E-state index is 0.442. The molecular weight excluding hydrogens is 162 g/mol. The summed E-state index contributed by atoms with van der Waals surface area (Å²) in [6.07, 6.45) is 4.93. The maximum absolute atomic E-state index is 11.5. The second kappa shape index (κ2) is 3.79. The molecule has 1 aliphatic heterocycles. The highest BCUT2D eigenvalue weighted by Gasteiger charge is 2.31. The summed E-state index contributed by atoms with van der Waals surface area (Å²) in [6, 6.07) is 0. The third-order valence-corrected chi connectivity index (χ3v) is 3.15. The molecular formula is C11H19NO. The lowest BCUT2D eigenvalue weighted by Gasteiger charge is -2.30. The van der Waals surface area contributed by atoms with Gasteiger partial charge in [-0.3, -0.25) is 9.69 Å². The average molecular weight is 181 g/mol. The number of hydrogen-bond acceptors (Lipinski definition) is 2. The van der Waals surface area contributed by atoms with Gasteiger partial charge >= 0.3 is 0 Å². The van der Waals surface area contributed by atoms with E-state index < -0.39 is 0 Å². The van der Waals surface area contributed by atoms with Crippen molar-refractivity contribution in [3.8, 4) is 0 Å². The number of piperidine rings is 1. The van der Waals surface area contributed by atoms with Crippen LogP contribution in [0.2, 0.25) is 0 Å². The van der Waals surface area contributed by atoms with Crippen molar-refractivity contribution in [3.63, 3.8) is 0 Å². The van der Waals surface area contributed by atoms with Crippen LogP contribution in [0.3, 0.4) is 0 Å². The third-order valence-electron chi connectivity index (χ3n) is 3.15. The van der Waals surface area contributed by atoms with Crippen LogP contribution < -0.4 is 0 Å². The summed E-state index contributed by atoms with van der Waals surface area (Å²) in [5.41, 5.74) is 0. The normalized spacial score (nSPS) is 30.4. The number of Topliss-reactive ketones (excluding diaryl/α,β-unsaturated/α-hetero) is 1. The first-order valence-corrected chi connectivity index (χ1v) is 5.51. The highest BCUT2D eigenvalue weighted by atomic mass is 16.1. The van der Waals surface area contributed by atoms with Gasteiger partial charge in [-0.1, -0.05) is 6.92 Å². The number of hydrogen-bond donors (Lipinski definition) is 0. The monoisotopic (exact) mass is 181 g/mol. The lowest BCUT2D eigenvalue weighted by Crippen LogP contribution is -2.38. The Labute approximate surface area is 80.3 Å². The predicted molar refractivity (Wildman–Crippen MR) is 52.6 cm³/mol. The highest BCUT2D eigenvalue weighted by Crippen LogP contribution is 2.30. The molecule has 0 spiro atoms. The molecule has 2 nitrogen and oxygen atoms in total. The van der Waals surface area contributed by atoms with Crippen LogP contribution in [0.1, 0.15) is 32.6 Å². The molecule has 74 valence electrons. The van der Waals surface area contributed by atoms with Crippen molar-refractivity contribution in [1.29, 1.82) is 0 Å². The summed E-state index contributed by atoms with van der Waals surface area (Å²) in [4.78, 5) is 13.9. The minimum atomic E-state index is 0.442. The van der Waals surface area contributed by atoms with Gasteiger partial charge in [0.05, 0.1) is 6.54 Å². The van der Waals surface area contributed by atoms with E-state index in [1.807, 2.05) is 0 Å². The zero-order valence-electron chi connectivity index (χ0n) is 8.46. The summed E-state index contributed by atoms with van der Waals surface area (Å²) in [5.74, 6) is 1.73. The van der Waals surface area contributed by atoms with Gasteiger partial charge in [0.25, 0.3) is 0 Å². The van der Waals surface area contributed by atoms with Gasteiger partial charge in [0.15, 0.2) is 0 Å². The Balaban J connectivity index is 1.76. The van der Waals surface area contributed by atoms with E-state index in [0.29, 0.717) is 11.7 Å². The molecule has 2 fully saturated rings. The van der Waals surface area contributed by atoms with Crippen molar-refractivity contribution < 1.29 is 4.79 Å². The summed E-state index contributed by atoms with van der Waals surface area (Å²) < 4.78 is 0. The van der Waals surface area contributed by atoms with Gasteiger partial charge in [-0.25, -0.2) is 0 Å². The summed E-state index contributed by atoms with van der Waals surface area (Å²) in [6.45, 7) is 5.30. The number of nitrogens with zero attached hydrogens (tertiary/aromatic N) is 1. The van der Waals surface area contributed by atoms with Crippen LogP contribution in [0, 0.1) is 11.8 Å². The van der Waals surface area contributed by atoms with Crippen LogP contribution in [-0.2, 0) is 4.79 Å². The molecule has 2 aliphatic rings. The van der Waals surface area contributed by atoms with Crippen molar-refractivity contribution in [1.82, 2.24) is 4.90 Å². The van der Waals surface area contributed by atoms with Crippen LogP contribution in [0.4, 0.5) is 0 Å². The van der Waals surface area contributed by atoms with Crippen LogP contribution in [0.25, 0.3) is 0 Å². The van der Waals surface area contributed by atoms with Crippen LogP contribution >= 0.6 is 0 Å². The zero-order valence-corrected chi connectivity index (χ0v) is 8.46. The summed E-state index contributed by atoms with van der Waals surface area (Å²) in [5, 5.41) is 0. The molecule has 13 heavy (non-hydrogen) atoms. The van der Waals surface area contributed by atoms with E-state index in [1.54, 1.807) is 0 Å². The standard InChI is InChI=1S/C11H19NO/c1-9-3-2-6-12(7-9)8-11(13)10-4-5-10/h9-10H,2-8H2,1H3. The molecule has 0 aromatic rings. The van der Waals surface area contributed by atoms with Gasteiger partial charge in [0, 0.05) is 12.5 Å². The van der Waals surface area contributed by atoms with Crippen molar-refractivity contribution >= 4 is 5.78 Å². The van der Waals surface area contributed by atoms with Gasteiger partial charge in [-0.05, 0) is 38.1 Å². The molecule has 2 heteroatoms. The molecule has 2 rings (SSSR count). The van der Waals surface area contributed by atoms with Crippen LogP contribution in [0.5, 0.6) is 0 Å². The molecule has 0 bridgehead atoms. The number of rotatable bonds is 3. The average Bonchev–Trinajstić information content (AvgIpc) is 2.85. The Morgan fingerprint density at radius 3 is 2.77 bits per heavy atom. The first-order chi connectivity index (χ1) is 6.25. The van der Waals surface area contributed by atoms with E-state index in [1.165, 1.54) is 12.8 Å². The van der Waals surface area contributed by atoms with Gasteiger partial charge in [-0.2, -0.15) is 0 Å². The Morgan fingerprint density at radius 2 is 2.15 bits per heavy atom. The largest absolute Gasteiger partial charge is 0.298 e. The van der Waals surface area contributed by atoms with Gasteiger partial charge in [0.2, 0.25) is 0 Å². The molecule has 0 N–H and O–H groups in total. The molecule has 1 aliphatic carbocycles.